The number of aromatic hydroxyl groups is 1. The van der Waals surface area contributed by atoms with Gasteiger partial charge in [-0.05, 0) is 55.4 Å². The van der Waals surface area contributed by atoms with Gasteiger partial charge < -0.3 is 26.3 Å². The van der Waals surface area contributed by atoms with Crippen LogP contribution in [0.3, 0.4) is 0 Å². The summed E-state index contributed by atoms with van der Waals surface area (Å²) in [5, 5.41) is 33.1. The third-order valence-corrected chi connectivity index (χ3v) is 8.22. The SMILES string of the molecule is CC(=O)C1=C(O)C2C(=O)C3=C(O)c4c(ccc(C5(C)CCCC5)c4O)CC3CC2CC1=O.O.O.[HH].[HH]. The van der Waals surface area contributed by atoms with Crippen molar-refractivity contribution >= 4 is 23.1 Å². The van der Waals surface area contributed by atoms with Crippen LogP contribution >= 0.6 is 0 Å². The first kappa shape index (κ1) is 25.6. The second-order valence-corrected chi connectivity index (χ2v) is 10.2. The molecule has 34 heavy (non-hydrogen) atoms. The van der Waals surface area contributed by atoms with Gasteiger partial charge in [0.25, 0.3) is 0 Å². The van der Waals surface area contributed by atoms with Crippen molar-refractivity contribution in [2.75, 3.05) is 0 Å². The largest absolute Gasteiger partial charge is 0.511 e. The van der Waals surface area contributed by atoms with Gasteiger partial charge >= 0.3 is 0 Å². The molecule has 0 aromatic heterocycles. The average molecular weight is 477 g/mol. The minimum Gasteiger partial charge on any atom is -0.511 e. The van der Waals surface area contributed by atoms with E-state index in [2.05, 4.69) is 6.92 Å². The van der Waals surface area contributed by atoms with Crippen LogP contribution in [0.15, 0.2) is 29.0 Å². The fraction of sp³-hybridized carbons (Fsp3) is 0.500. The molecule has 4 aliphatic carbocycles. The molecule has 0 spiro atoms. The normalized spacial score (nSPS) is 27.3. The first-order valence-electron chi connectivity index (χ1n) is 11.4. The Kier molecular flexibility index (Phi) is 6.54. The lowest BCUT2D eigenvalue weighted by Gasteiger charge is -2.41. The Balaban J connectivity index is 0.00000162. The molecule has 188 valence electrons. The van der Waals surface area contributed by atoms with E-state index in [-0.39, 0.29) is 54.2 Å². The van der Waals surface area contributed by atoms with Crippen LogP contribution in [0.25, 0.3) is 5.76 Å². The summed E-state index contributed by atoms with van der Waals surface area (Å²) in [6.45, 7) is 3.33. The van der Waals surface area contributed by atoms with Gasteiger partial charge in [0.2, 0.25) is 0 Å². The summed E-state index contributed by atoms with van der Waals surface area (Å²) in [5.74, 6) is -3.78. The highest BCUT2D eigenvalue weighted by Gasteiger charge is 2.50. The van der Waals surface area contributed by atoms with E-state index in [1.54, 1.807) is 0 Å². The molecule has 3 unspecified atom stereocenters. The van der Waals surface area contributed by atoms with E-state index in [0.29, 0.717) is 18.4 Å². The summed E-state index contributed by atoms with van der Waals surface area (Å²) in [5.41, 5.74) is 1.64. The first-order valence-corrected chi connectivity index (χ1v) is 11.4. The van der Waals surface area contributed by atoms with Crippen LogP contribution < -0.4 is 0 Å². The van der Waals surface area contributed by atoms with Crippen LogP contribution in [0.2, 0.25) is 0 Å². The average Bonchev–Trinajstić information content (AvgIpc) is 3.14. The maximum Gasteiger partial charge on any atom is 0.173 e. The number of phenols is 1. The number of rotatable bonds is 2. The van der Waals surface area contributed by atoms with E-state index in [1.807, 2.05) is 12.1 Å². The number of carbonyl (C=O) groups excluding carboxylic acids is 3. The van der Waals surface area contributed by atoms with Gasteiger partial charge in [-0.3, -0.25) is 14.4 Å². The standard InChI is InChI=1S/C26H28O6.2H2O.2H2/c1-12(27)18-17(28)11-15-10-14-9-13-5-6-16(26(2)7-3-4-8-26)22(29)19(13)24(31)20(14)25(32)21(15)23(18)30;;;;/h5-6,14-15,21,29-31H,3-4,7-11H2,1-2H3;2*1H2;2*1H. The smallest absolute Gasteiger partial charge is 0.173 e. The van der Waals surface area contributed by atoms with Gasteiger partial charge in [-0.15, -0.1) is 0 Å². The lowest BCUT2D eigenvalue weighted by Crippen LogP contribution is -2.43. The zero-order chi connectivity index (χ0) is 22.9. The van der Waals surface area contributed by atoms with E-state index in [4.69, 9.17) is 0 Å². The predicted molar refractivity (Wildman–Crippen MR) is 129 cm³/mol. The minimum atomic E-state index is -1.00. The monoisotopic (exact) mass is 476 g/mol. The molecule has 0 amide bonds. The third-order valence-electron chi connectivity index (χ3n) is 8.22. The molecule has 4 aliphatic rings. The summed E-state index contributed by atoms with van der Waals surface area (Å²) in [6, 6.07) is 3.89. The van der Waals surface area contributed by atoms with Crippen molar-refractivity contribution in [1.82, 2.24) is 0 Å². The first-order chi connectivity index (χ1) is 15.1. The molecular weight excluding hydrogens is 440 g/mol. The van der Waals surface area contributed by atoms with E-state index < -0.39 is 34.9 Å². The van der Waals surface area contributed by atoms with Gasteiger partial charge in [-0.1, -0.05) is 31.9 Å². The highest BCUT2D eigenvalue weighted by Crippen LogP contribution is 2.52. The molecule has 7 N–H and O–H groups in total. The molecule has 1 aromatic rings. The maximum atomic E-state index is 13.5. The van der Waals surface area contributed by atoms with Gasteiger partial charge in [-0.2, -0.15) is 0 Å². The second-order valence-electron chi connectivity index (χ2n) is 10.2. The molecule has 1 aromatic carbocycles. The molecule has 0 saturated heterocycles. The Bertz CT molecular complexity index is 1150. The number of carbonyl (C=O) groups is 3. The van der Waals surface area contributed by atoms with Gasteiger partial charge in [0.15, 0.2) is 17.3 Å². The van der Waals surface area contributed by atoms with Crippen molar-refractivity contribution in [3.05, 3.63) is 45.7 Å². The lowest BCUT2D eigenvalue weighted by molar-refractivity contribution is -0.127. The molecule has 8 nitrogen and oxygen atoms in total. The maximum absolute atomic E-state index is 13.5. The Morgan fingerprint density at radius 1 is 1.06 bits per heavy atom. The van der Waals surface area contributed by atoms with Gasteiger partial charge in [-0.25, -0.2) is 0 Å². The van der Waals surface area contributed by atoms with Crippen LogP contribution in [-0.4, -0.2) is 43.6 Å². The number of Topliss-reactive ketones (excluding diaryl/α,β-unsaturated/α-hetero) is 3. The van der Waals surface area contributed by atoms with E-state index in [0.717, 1.165) is 36.8 Å². The molecule has 0 radical (unpaired) electrons. The molecule has 5 rings (SSSR count). The predicted octanol–water partition coefficient (Wildman–Crippen LogP) is 3.09. The van der Waals surface area contributed by atoms with Crippen LogP contribution in [0.1, 0.15) is 71.9 Å². The Morgan fingerprint density at radius 2 is 1.71 bits per heavy atom. The van der Waals surface area contributed by atoms with Crippen molar-refractivity contribution in [3.8, 4) is 5.75 Å². The molecule has 0 aliphatic heterocycles. The number of hydrogen-bond acceptors (Lipinski definition) is 6. The number of allylic oxidation sites excluding steroid dienone is 3. The number of ketones is 3. The molecule has 8 heteroatoms. The van der Waals surface area contributed by atoms with E-state index >= 15 is 0 Å². The quantitative estimate of drug-likeness (QED) is 0.553. The lowest BCUT2D eigenvalue weighted by atomic mass is 9.61. The molecule has 2 saturated carbocycles. The molecule has 0 bridgehead atoms. The Labute approximate surface area is 200 Å². The fourth-order valence-electron chi connectivity index (χ4n) is 6.64. The minimum absolute atomic E-state index is 0. The van der Waals surface area contributed by atoms with Crippen LogP contribution in [0, 0.1) is 17.8 Å². The molecule has 0 heterocycles. The number of aliphatic hydroxyl groups is 2. The van der Waals surface area contributed by atoms with Crippen LogP contribution in [0.4, 0.5) is 0 Å². The van der Waals surface area contributed by atoms with E-state index in [9.17, 15) is 29.7 Å². The highest BCUT2D eigenvalue weighted by molar-refractivity contribution is 6.21. The second kappa shape index (κ2) is 8.67. The van der Waals surface area contributed by atoms with Crippen molar-refractivity contribution < 1.29 is 43.5 Å². The summed E-state index contributed by atoms with van der Waals surface area (Å²) < 4.78 is 0. The van der Waals surface area contributed by atoms with Gasteiger partial charge in [0.1, 0.15) is 17.3 Å². The van der Waals surface area contributed by atoms with E-state index in [1.165, 1.54) is 6.92 Å². The summed E-state index contributed by atoms with van der Waals surface area (Å²) in [4.78, 5) is 37.8. The van der Waals surface area contributed by atoms with Crippen molar-refractivity contribution in [2.45, 2.75) is 64.2 Å². The van der Waals surface area contributed by atoms with Crippen molar-refractivity contribution in [3.63, 3.8) is 0 Å². The third kappa shape index (κ3) is 3.47. The van der Waals surface area contributed by atoms with Crippen LogP contribution in [-0.2, 0) is 26.2 Å². The summed E-state index contributed by atoms with van der Waals surface area (Å²) in [6.07, 6.45) is 5.07. The highest BCUT2D eigenvalue weighted by atomic mass is 16.3. The number of phenolic OH excluding ortho intramolecular Hbond substituents is 1. The fourth-order valence-corrected chi connectivity index (χ4v) is 6.64. The Hall–Kier alpha value is -2.97. The van der Waals surface area contributed by atoms with Gasteiger partial charge in [0.05, 0.1) is 17.1 Å². The number of aliphatic hydroxyl groups excluding tert-OH is 2. The zero-order valence-electron chi connectivity index (χ0n) is 19.4. The number of hydrogen-bond donors (Lipinski definition) is 3. The van der Waals surface area contributed by atoms with Gasteiger partial charge in [0, 0.05) is 20.4 Å². The number of benzene rings is 1. The molecular formula is C26H36O8. The molecule has 2 fully saturated rings. The molecule has 3 atom stereocenters. The van der Waals surface area contributed by atoms with Crippen LogP contribution in [0.5, 0.6) is 5.75 Å². The zero-order valence-corrected chi connectivity index (χ0v) is 19.4. The summed E-state index contributed by atoms with van der Waals surface area (Å²) >= 11 is 0. The topological polar surface area (TPSA) is 175 Å². The Morgan fingerprint density at radius 3 is 2.32 bits per heavy atom. The summed E-state index contributed by atoms with van der Waals surface area (Å²) in [7, 11) is 0. The van der Waals surface area contributed by atoms with Crippen molar-refractivity contribution in [2.24, 2.45) is 17.8 Å². The number of fused-ring (bicyclic) bond motifs is 3. The van der Waals surface area contributed by atoms with Crippen molar-refractivity contribution in [1.29, 1.82) is 0 Å².